The van der Waals surface area contributed by atoms with E-state index in [9.17, 15) is 14.7 Å². The van der Waals surface area contributed by atoms with Gasteiger partial charge in [-0.05, 0) is 27.5 Å². The maximum absolute atomic E-state index is 12.8. The van der Waals surface area contributed by atoms with Crippen molar-refractivity contribution in [3.8, 4) is 0 Å². The quantitative estimate of drug-likeness (QED) is 0.779. The second kappa shape index (κ2) is 6.64. The van der Waals surface area contributed by atoms with E-state index in [1.54, 1.807) is 4.90 Å². The highest BCUT2D eigenvalue weighted by Crippen LogP contribution is 2.30. The lowest BCUT2D eigenvalue weighted by Gasteiger charge is -2.20. The van der Waals surface area contributed by atoms with Crippen molar-refractivity contribution in [3.05, 3.63) is 83.4 Å². The molecule has 0 aliphatic carbocycles. The Hall–Kier alpha value is -3.14. The van der Waals surface area contributed by atoms with E-state index in [0.717, 1.165) is 21.9 Å². The van der Waals surface area contributed by atoms with Crippen molar-refractivity contribution in [3.63, 3.8) is 0 Å². The van der Waals surface area contributed by atoms with E-state index in [2.05, 4.69) is 0 Å². The lowest BCUT2D eigenvalue weighted by atomic mass is 9.90. The van der Waals surface area contributed by atoms with Gasteiger partial charge in [-0.25, -0.2) is 0 Å². The normalized spacial score (nSPS) is 14.2. The first-order valence-electron chi connectivity index (χ1n) is 8.68. The van der Waals surface area contributed by atoms with E-state index in [-0.39, 0.29) is 12.3 Å². The summed E-state index contributed by atoms with van der Waals surface area (Å²) >= 11 is 0. The van der Waals surface area contributed by atoms with Gasteiger partial charge in [-0.15, -0.1) is 0 Å². The molecule has 0 spiro atoms. The molecule has 26 heavy (non-hydrogen) atoms. The summed E-state index contributed by atoms with van der Waals surface area (Å²) in [5.41, 5.74) is 2.97. The van der Waals surface area contributed by atoms with Crippen LogP contribution in [-0.4, -0.2) is 21.9 Å². The second-order valence-corrected chi connectivity index (χ2v) is 6.68. The predicted molar refractivity (Wildman–Crippen MR) is 99.6 cm³/mol. The lowest BCUT2D eigenvalue weighted by molar-refractivity contribution is -0.143. The molecule has 3 aromatic rings. The Bertz CT molecular complexity index is 965. The Morgan fingerprint density at radius 1 is 0.885 bits per heavy atom. The van der Waals surface area contributed by atoms with Gasteiger partial charge >= 0.3 is 5.97 Å². The molecule has 130 valence electrons. The number of aliphatic carboxylic acids is 1. The van der Waals surface area contributed by atoms with Crippen LogP contribution in [0.3, 0.4) is 0 Å². The average molecular weight is 345 g/mol. The molecule has 0 saturated carbocycles. The number of carboxylic acids is 1. The van der Waals surface area contributed by atoms with Crippen molar-refractivity contribution in [2.45, 2.75) is 25.4 Å². The lowest BCUT2D eigenvalue weighted by Crippen LogP contribution is -2.29. The third kappa shape index (κ3) is 2.94. The summed E-state index contributed by atoms with van der Waals surface area (Å²) in [5, 5.41) is 11.7. The van der Waals surface area contributed by atoms with Crippen LogP contribution in [0.1, 0.15) is 29.0 Å². The SMILES string of the molecule is O=C(O)C(CC(=O)N1Cc2ccccc2C1)c1cccc2ccccc12. The summed E-state index contributed by atoms with van der Waals surface area (Å²) in [4.78, 5) is 26.5. The van der Waals surface area contributed by atoms with Crippen molar-refractivity contribution in [2.75, 3.05) is 0 Å². The molecule has 0 bridgehead atoms. The zero-order valence-electron chi connectivity index (χ0n) is 14.3. The number of carboxylic acid groups (broad SMARTS) is 1. The van der Waals surface area contributed by atoms with Gasteiger partial charge in [-0.3, -0.25) is 9.59 Å². The first kappa shape index (κ1) is 16.3. The monoisotopic (exact) mass is 345 g/mol. The largest absolute Gasteiger partial charge is 0.481 e. The molecule has 0 aromatic heterocycles. The molecule has 4 heteroatoms. The average Bonchev–Trinajstić information content (AvgIpc) is 3.10. The van der Waals surface area contributed by atoms with Crippen LogP contribution in [0.15, 0.2) is 66.7 Å². The number of carbonyl (C=O) groups excluding carboxylic acids is 1. The van der Waals surface area contributed by atoms with Crippen molar-refractivity contribution in [1.29, 1.82) is 0 Å². The zero-order chi connectivity index (χ0) is 18.1. The maximum atomic E-state index is 12.8. The topological polar surface area (TPSA) is 57.6 Å². The summed E-state index contributed by atoms with van der Waals surface area (Å²) in [6.07, 6.45) is -0.0304. The first-order valence-corrected chi connectivity index (χ1v) is 8.68. The van der Waals surface area contributed by atoms with Gasteiger partial charge in [0.2, 0.25) is 5.91 Å². The Morgan fingerprint density at radius 2 is 1.50 bits per heavy atom. The number of fused-ring (bicyclic) bond motifs is 2. The van der Waals surface area contributed by atoms with E-state index in [4.69, 9.17) is 0 Å². The van der Waals surface area contributed by atoms with Gasteiger partial charge in [0.25, 0.3) is 0 Å². The first-order chi connectivity index (χ1) is 12.6. The van der Waals surface area contributed by atoms with E-state index < -0.39 is 11.9 Å². The third-order valence-corrected chi connectivity index (χ3v) is 5.07. The van der Waals surface area contributed by atoms with Gasteiger partial charge < -0.3 is 10.0 Å². The van der Waals surface area contributed by atoms with Gasteiger partial charge in [0.15, 0.2) is 0 Å². The molecule has 1 heterocycles. The highest BCUT2D eigenvalue weighted by atomic mass is 16.4. The highest BCUT2D eigenvalue weighted by Gasteiger charge is 2.29. The molecule has 1 aliphatic rings. The molecule has 0 fully saturated rings. The van der Waals surface area contributed by atoms with Gasteiger partial charge in [0, 0.05) is 19.5 Å². The number of hydrogen-bond acceptors (Lipinski definition) is 2. The van der Waals surface area contributed by atoms with Crippen LogP contribution >= 0.6 is 0 Å². The summed E-state index contributed by atoms with van der Waals surface area (Å²) in [6.45, 7) is 1.10. The van der Waals surface area contributed by atoms with Crippen molar-refractivity contribution in [2.24, 2.45) is 0 Å². The van der Waals surface area contributed by atoms with E-state index in [1.807, 2.05) is 66.7 Å². The number of nitrogens with zero attached hydrogens (tertiary/aromatic N) is 1. The zero-order valence-corrected chi connectivity index (χ0v) is 14.3. The number of benzene rings is 3. The second-order valence-electron chi connectivity index (χ2n) is 6.68. The number of rotatable bonds is 4. The standard InChI is InChI=1S/C22H19NO3/c24-21(23-13-16-7-1-2-8-17(16)14-23)12-20(22(25)26)19-11-5-9-15-6-3-4-10-18(15)19/h1-11,20H,12-14H2,(H,25,26). The molecule has 4 rings (SSSR count). The maximum Gasteiger partial charge on any atom is 0.311 e. The minimum atomic E-state index is -0.966. The Balaban J connectivity index is 1.60. The van der Waals surface area contributed by atoms with Crippen LogP contribution in [0, 0.1) is 0 Å². The highest BCUT2D eigenvalue weighted by molar-refractivity contribution is 5.93. The van der Waals surface area contributed by atoms with Crippen LogP contribution in [0.4, 0.5) is 0 Å². The van der Waals surface area contributed by atoms with Crippen LogP contribution in [0.5, 0.6) is 0 Å². The molecule has 1 amide bonds. The molecule has 1 unspecified atom stereocenters. The third-order valence-electron chi connectivity index (χ3n) is 5.07. The molecular formula is C22H19NO3. The van der Waals surface area contributed by atoms with Crippen LogP contribution in [-0.2, 0) is 22.7 Å². The fraction of sp³-hybridized carbons (Fsp3) is 0.182. The predicted octanol–water partition coefficient (Wildman–Crippen LogP) is 3.94. The molecule has 1 atom stereocenters. The Morgan fingerprint density at radius 3 is 2.19 bits per heavy atom. The van der Waals surface area contributed by atoms with Crippen LogP contribution in [0.25, 0.3) is 10.8 Å². The smallest absolute Gasteiger partial charge is 0.311 e. The fourth-order valence-corrected chi connectivity index (χ4v) is 3.70. The Labute approximate surface area is 151 Å². The van der Waals surface area contributed by atoms with Gasteiger partial charge in [0.1, 0.15) is 0 Å². The van der Waals surface area contributed by atoms with Gasteiger partial charge in [0.05, 0.1) is 5.92 Å². The van der Waals surface area contributed by atoms with Crippen molar-refractivity contribution >= 4 is 22.6 Å². The minimum absolute atomic E-state index is 0.0304. The molecule has 0 saturated heterocycles. The summed E-state index contributed by atoms with van der Waals surface area (Å²) < 4.78 is 0. The number of carbonyl (C=O) groups is 2. The summed E-state index contributed by atoms with van der Waals surface area (Å²) in [6, 6.07) is 21.3. The van der Waals surface area contributed by atoms with Gasteiger partial charge in [-0.1, -0.05) is 66.7 Å². The molecular weight excluding hydrogens is 326 g/mol. The fourth-order valence-electron chi connectivity index (χ4n) is 3.70. The van der Waals surface area contributed by atoms with Gasteiger partial charge in [-0.2, -0.15) is 0 Å². The summed E-state index contributed by atoms with van der Waals surface area (Å²) in [5.74, 6) is -1.94. The minimum Gasteiger partial charge on any atom is -0.481 e. The van der Waals surface area contributed by atoms with Crippen LogP contribution in [0.2, 0.25) is 0 Å². The molecule has 1 N–H and O–H groups in total. The summed E-state index contributed by atoms with van der Waals surface area (Å²) in [7, 11) is 0. The van der Waals surface area contributed by atoms with Crippen molar-refractivity contribution in [1.82, 2.24) is 4.90 Å². The molecule has 3 aromatic carbocycles. The van der Waals surface area contributed by atoms with Crippen LogP contribution < -0.4 is 0 Å². The van der Waals surface area contributed by atoms with E-state index >= 15 is 0 Å². The molecule has 0 radical (unpaired) electrons. The number of hydrogen-bond donors (Lipinski definition) is 1. The molecule has 1 aliphatic heterocycles. The van der Waals surface area contributed by atoms with E-state index in [0.29, 0.717) is 18.7 Å². The molecule has 4 nitrogen and oxygen atoms in total. The Kier molecular flexibility index (Phi) is 4.17. The van der Waals surface area contributed by atoms with E-state index in [1.165, 1.54) is 0 Å². The van der Waals surface area contributed by atoms with Crippen molar-refractivity contribution < 1.29 is 14.7 Å². The number of amides is 1.